The van der Waals surface area contributed by atoms with Gasteiger partial charge in [0.25, 0.3) is 0 Å². The van der Waals surface area contributed by atoms with E-state index in [1.54, 1.807) is 30.3 Å². The first-order valence-electron chi connectivity index (χ1n) is 5.52. The standard InChI is InChI=1S/C14H10N2O3/c15-9-11-4-5-16-13(7-11)19-12-3-1-2-10(6-12)8-14(17)18/h1-7H,8H2,(H,17,18). The Hall–Kier alpha value is -2.87. The van der Waals surface area contributed by atoms with Crippen molar-refractivity contribution in [3.05, 3.63) is 53.7 Å². The highest BCUT2D eigenvalue weighted by Gasteiger charge is 2.04. The molecule has 0 radical (unpaired) electrons. The Morgan fingerprint density at radius 2 is 2.21 bits per heavy atom. The van der Waals surface area contributed by atoms with Gasteiger partial charge in [0.05, 0.1) is 18.1 Å². The second-order valence-electron chi connectivity index (χ2n) is 3.81. The third kappa shape index (κ3) is 3.54. The predicted molar refractivity (Wildman–Crippen MR) is 66.8 cm³/mol. The third-order valence-corrected chi connectivity index (χ3v) is 2.34. The molecule has 5 heteroatoms. The molecule has 94 valence electrons. The summed E-state index contributed by atoms with van der Waals surface area (Å²) in [5, 5.41) is 17.5. The Morgan fingerprint density at radius 1 is 1.37 bits per heavy atom. The lowest BCUT2D eigenvalue weighted by atomic mass is 10.1. The van der Waals surface area contributed by atoms with E-state index in [-0.39, 0.29) is 6.42 Å². The Labute approximate surface area is 109 Å². The Kier molecular flexibility index (Phi) is 3.74. The van der Waals surface area contributed by atoms with Gasteiger partial charge < -0.3 is 9.84 Å². The summed E-state index contributed by atoms with van der Waals surface area (Å²) in [5.41, 5.74) is 1.09. The highest BCUT2D eigenvalue weighted by molar-refractivity contribution is 5.70. The zero-order valence-corrected chi connectivity index (χ0v) is 9.91. The second-order valence-corrected chi connectivity index (χ2v) is 3.81. The van der Waals surface area contributed by atoms with Gasteiger partial charge in [0.15, 0.2) is 0 Å². The van der Waals surface area contributed by atoms with E-state index in [4.69, 9.17) is 15.1 Å². The van der Waals surface area contributed by atoms with E-state index in [0.29, 0.717) is 22.8 Å². The van der Waals surface area contributed by atoms with E-state index >= 15 is 0 Å². The molecule has 5 nitrogen and oxygen atoms in total. The van der Waals surface area contributed by atoms with Gasteiger partial charge in [-0.15, -0.1) is 0 Å². The molecular formula is C14H10N2O3. The third-order valence-electron chi connectivity index (χ3n) is 2.34. The number of hydrogen-bond donors (Lipinski definition) is 1. The maximum atomic E-state index is 10.6. The van der Waals surface area contributed by atoms with Gasteiger partial charge in [0.2, 0.25) is 5.88 Å². The normalized spacial score (nSPS) is 9.63. The molecule has 1 aromatic carbocycles. The minimum absolute atomic E-state index is 0.0666. The number of aliphatic carboxylic acids is 1. The molecule has 1 heterocycles. The van der Waals surface area contributed by atoms with Crippen LogP contribution in [0.15, 0.2) is 42.6 Å². The lowest BCUT2D eigenvalue weighted by Gasteiger charge is -2.06. The van der Waals surface area contributed by atoms with Crippen LogP contribution >= 0.6 is 0 Å². The maximum absolute atomic E-state index is 10.6. The molecule has 0 saturated heterocycles. The van der Waals surface area contributed by atoms with Crippen molar-refractivity contribution in [1.82, 2.24) is 4.98 Å². The van der Waals surface area contributed by atoms with Crippen molar-refractivity contribution in [3.63, 3.8) is 0 Å². The number of rotatable bonds is 4. The van der Waals surface area contributed by atoms with Crippen LogP contribution in [0.4, 0.5) is 0 Å². The average molecular weight is 254 g/mol. The van der Waals surface area contributed by atoms with Crippen LogP contribution in [-0.2, 0) is 11.2 Å². The molecule has 0 aliphatic carbocycles. The zero-order valence-electron chi connectivity index (χ0n) is 9.91. The summed E-state index contributed by atoms with van der Waals surface area (Å²) in [5.74, 6) is -0.116. The quantitative estimate of drug-likeness (QED) is 0.905. The molecule has 2 rings (SSSR count). The summed E-state index contributed by atoms with van der Waals surface area (Å²) in [6.45, 7) is 0. The molecule has 1 aromatic heterocycles. The number of carboxylic acids is 1. The molecule has 0 bridgehead atoms. The van der Waals surface area contributed by atoms with Crippen molar-refractivity contribution < 1.29 is 14.6 Å². The number of carbonyl (C=O) groups is 1. The number of benzene rings is 1. The van der Waals surface area contributed by atoms with Gasteiger partial charge in [-0.2, -0.15) is 5.26 Å². The van der Waals surface area contributed by atoms with E-state index in [9.17, 15) is 4.79 Å². The number of aromatic nitrogens is 1. The zero-order chi connectivity index (χ0) is 13.7. The van der Waals surface area contributed by atoms with Gasteiger partial charge in [-0.25, -0.2) is 4.98 Å². The van der Waals surface area contributed by atoms with Gasteiger partial charge in [-0.1, -0.05) is 12.1 Å². The van der Waals surface area contributed by atoms with Crippen molar-refractivity contribution in [2.24, 2.45) is 0 Å². The Balaban J connectivity index is 2.18. The van der Waals surface area contributed by atoms with Crippen molar-refractivity contribution in [1.29, 1.82) is 5.26 Å². The monoisotopic (exact) mass is 254 g/mol. The number of ether oxygens (including phenoxy) is 1. The molecule has 1 N–H and O–H groups in total. The fourth-order valence-electron chi connectivity index (χ4n) is 1.55. The number of nitrogens with zero attached hydrogens (tertiary/aromatic N) is 2. The first-order chi connectivity index (χ1) is 9.17. The first kappa shape index (κ1) is 12.6. The average Bonchev–Trinajstić information content (AvgIpc) is 2.38. The molecule has 0 saturated carbocycles. The molecule has 0 spiro atoms. The molecule has 0 aliphatic heterocycles. The molecule has 19 heavy (non-hydrogen) atoms. The number of nitriles is 1. The lowest BCUT2D eigenvalue weighted by Crippen LogP contribution is -2.00. The summed E-state index contributed by atoms with van der Waals surface area (Å²) >= 11 is 0. The summed E-state index contributed by atoms with van der Waals surface area (Å²) in [4.78, 5) is 14.6. The summed E-state index contributed by atoms with van der Waals surface area (Å²) < 4.78 is 5.49. The topological polar surface area (TPSA) is 83.2 Å². The van der Waals surface area contributed by atoms with E-state index in [0.717, 1.165) is 0 Å². The SMILES string of the molecule is N#Cc1ccnc(Oc2cccc(CC(=O)O)c2)c1. The number of pyridine rings is 1. The van der Waals surface area contributed by atoms with E-state index < -0.39 is 5.97 Å². The van der Waals surface area contributed by atoms with E-state index in [2.05, 4.69) is 4.98 Å². The van der Waals surface area contributed by atoms with Gasteiger partial charge in [0, 0.05) is 12.3 Å². The van der Waals surface area contributed by atoms with Gasteiger partial charge in [-0.05, 0) is 23.8 Å². The summed E-state index contributed by atoms with van der Waals surface area (Å²) in [7, 11) is 0. The highest BCUT2D eigenvalue weighted by Crippen LogP contribution is 2.21. The van der Waals surface area contributed by atoms with Crippen LogP contribution in [0.2, 0.25) is 0 Å². The van der Waals surface area contributed by atoms with Gasteiger partial charge >= 0.3 is 5.97 Å². The van der Waals surface area contributed by atoms with Gasteiger partial charge in [-0.3, -0.25) is 4.79 Å². The van der Waals surface area contributed by atoms with Crippen LogP contribution < -0.4 is 4.74 Å². The largest absolute Gasteiger partial charge is 0.481 e. The van der Waals surface area contributed by atoms with Crippen molar-refractivity contribution in [2.45, 2.75) is 6.42 Å². The molecule has 0 aliphatic rings. The molecular weight excluding hydrogens is 244 g/mol. The molecule has 0 atom stereocenters. The minimum Gasteiger partial charge on any atom is -0.481 e. The van der Waals surface area contributed by atoms with Crippen molar-refractivity contribution in [3.8, 4) is 17.7 Å². The summed E-state index contributed by atoms with van der Waals surface area (Å²) in [6.07, 6.45) is 1.41. The van der Waals surface area contributed by atoms with Crippen molar-refractivity contribution >= 4 is 5.97 Å². The van der Waals surface area contributed by atoms with Crippen LogP contribution in [0.5, 0.6) is 11.6 Å². The first-order valence-corrected chi connectivity index (χ1v) is 5.52. The minimum atomic E-state index is -0.901. The van der Waals surface area contributed by atoms with Crippen LogP contribution in [0.1, 0.15) is 11.1 Å². The van der Waals surface area contributed by atoms with Crippen LogP contribution in [-0.4, -0.2) is 16.1 Å². The fourth-order valence-corrected chi connectivity index (χ4v) is 1.55. The van der Waals surface area contributed by atoms with Gasteiger partial charge in [0.1, 0.15) is 5.75 Å². The van der Waals surface area contributed by atoms with Crippen LogP contribution in [0, 0.1) is 11.3 Å². The second kappa shape index (κ2) is 5.65. The smallest absolute Gasteiger partial charge is 0.307 e. The fraction of sp³-hybridized carbons (Fsp3) is 0.0714. The van der Waals surface area contributed by atoms with Crippen LogP contribution in [0.25, 0.3) is 0 Å². The summed E-state index contributed by atoms with van der Waals surface area (Å²) in [6, 6.07) is 11.8. The lowest BCUT2D eigenvalue weighted by molar-refractivity contribution is -0.136. The van der Waals surface area contributed by atoms with E-state index in [1.807, 2.05) is 6.07 Å². The molecule has 0 fully saturated rings. The van der Waals surface area contributed by atoms with Crippen LogP contribution in [0.3, 0.4) is 0 Å². The predicted octanol–water partition coefficient (Wildman–Crippen LogP) is 2.37. The number of hydrogen-bond acceptors (Lipinski definition) is 4. The molecule has 0 amide bonds. The van der Waals surface area contributed by atoms with E-state index in [1.165, 1.54) is 12.3 Å². The maximum Gasteiger partial charge on any atom is 0.307 e. The number of carboxylic acid groups (broad SMARTS) is 1. The Bertz CT molecular complexity index is 647. The molecule has 2 aromatic rings. The molecule has 0 unspecified atom stereocenters. The Morgan fingerprint density at radius 3 is 2.95 bits per heavy atom. The van der Waals surface area contributed by atoms with Crippen molar-refractivity contribution in [2.75, 3.05) is 0 Å². The highest BCUT2D eigenvalue weighted by atomic mass is 16.5.